The van der Waals surface area contributed by atoms with Crippen LogP contribution in [0.2, 0.25) is 0 Å². The predicted octanol–water partition coefficient (Wildman–Crippen LogP) is 2.42. The largest absolute Gasteiger partial charge is 0.481 e. The van der Waals surface area contributed by atoms with Crippen LogP contribution in [0.4, 0.5) is 0 Å². The average Bonchev–Trinajstić information content (AvgIpc) is 2.41. The minimum atomic E-state index is -0.786. The monoisotopic (exact) mass is 217 g/mol. The fourth-order valence-electron chi connectivity index (χ4n) is 2.34. The molecule has 0 amide bonds. The highest BCUT2D eigenvalue weighted by molar-refractivity contribution is 5.90. The Morgan fingerprint density at radius 1 is 1.38 bits per heavy atom. The maximum Gasteiger partial charge on any atom is 0.307 e. The number of benzene rings is 1. The van der Waals surface area contributed by atoms with Crippen LogP contribution in [0.15, 0.2) is 18.3 Å². The summed E-state index contributed by atoms with van der Waals surface area (Å²) in [6.07, 6.45) is 1.99. The summed E-state index contributed by atoms with van der Waals surface area (Å²) in [7, 11) is 1.95. The molecule has 1 N–H and O–H groups in total. The van der Waals surface area contributed by atoms with Crippen LogP contribution in [0.3, 0.4) is 0 Å². The van der Waals surface area contributed by atoms with Crippen molar-refractivity contribution in [2.45, 2.75) is 20.3 Å². The van der Waals surface area contributed by atoms with Crippen molar-refractivity contribution in [1.29, 1.82) is 0 Å². The maximum absolute atomic E-state index is 10.8. The van der Waals surface area contributed by atoms with Gasteiger partial charge in [-0.2, -0.15) is 0 Å². The highest BCUT2D eigenvalue weighted by Crippen LogP contribution is 2.25. The van der Waals surface area contributed by atoms with Crippen molar-refractivity contribution in [3.8, 4) is 0 Å². The molecule has 0 unspecified atom stereocenters. The molecule has 3 heteroatoms. The summed E-state index contributed by atoms with van der Waals surface area (Å²) < 4.78 is 2.00. The van der Waals surface area contributed by atoms with E-state index in [1.54, 1.807) is 0 Å². The lowest BCUT2D eigenvalue weighted by atomic mass is 10.0. The van der Waals surface area contributed by atoms with Crippen LogP contribution in [0, 0.1) is 13.8 Å². The molecule has 1 aromatic heterocycles. The summed E-state index contributed by atoms with van der Waals surface area (Å²) in [6.45, 7) is 4.09. The first kappa shape index (κ1) is 10.7. The van der Waals surface area contributed by atoms with Crippen molar-refractivity contribution in [2.24, 2.45) is 7.05 Å². The van der Waals surface area contributed by atoms with Crippen molar-refractivity contribution in [1.82, 2.24) is 4.57 Å². The minimum Gasteiger partial charge on any atom is -0.481 e. The summed E-state index contributed by atoms with van der Waals surface area (Å²) in [4.78, 5) is 10.8. The minimum absolute atomic E-state index is 0.0836. The normalized spacial score (nSPS) is 10.9. The molecule has 2 aromatic rings. The van der Waals surface area contributed by atoms with Crippen LogP contribution in [-0.4, -0.2) is 15.6 Å². The van der Waals surface area contributed by atoms with Gasteiger partial charge in [0.05, 0.1) is 11.9 Å². The van der Waals surface area contributed by atoms with E-state index >= 15 is 0 Å². The molecule has 0 atom stereocenters. The van der Waals surface area contributed by atoms with E-state index in [9.17, 15) is 4.79 Å². The first-order valence-corrected chi connectivity index (χ1v) is 5.26. The Kier molecular flexibility index (Phi) is 2.46. The number of hydrogen-bond donors (Lipinski definition) is 1. The SMILES string of the molecule is Cc1cc(C)c2c(c1)c(CC(=O)O)cn2C. The van der Waals surface area contributed by atoms with Crippen molar-refractivity contribution in [3.05, 3.63) is 35.0 Å². The van der Waals surface area contributed by atoms with E-state index in [4.69, 9.17) is 5.11 Å². The number of aliphatic carboxylic acids is 1. The summed E-state index contributed by atoms with van der Waals surface area (Å²) >= 11 is 0. The molecule has 0 aliphatic rings. The molecule has 0 fully saturated rings. The molecular formula is C13H15NO2. The summed E-state index contributed by atoms with van der Waals surface area (Å²) in [5, 5.41) is 9.92. The maximum atomic E-state index is 10.8. The third-order valence-electron chi connectivity index (χ3n) is 2.83. The van der Waals surface area contributed by atoms with Gasteiger partial charge in [-0.1, -0.05) is 11.6 Å². The van der Waals surface area contributed by atoms with Crippen molar-refractivity contribution in [3.63, 3.8) is 0 Å². The quantitative estimate of drug-likeness (QED) is 0.839. The third kappa shape index (κ3) is 1.69. The molecule has 0 saturated heterocycles. The van der Waals surface area contributed by atoms with Crippen LogP contribution in [0.25, 0.3) is 10.9 Å². The van der Waals surface area contributed by atoms with Gasteiger partial charge in [0.15, 0.2) is 0 Å². The number of fused-ring (bicyclic) bond motifs is 1. The second-order valence-electron chi connectivity index (χ2n) is 4.31. The Morgan fingerprint density at radius 3 is 2.69 bits per heavy atom. The molecule has 1 heterocycles. The molecular weight excluding hydrogens is 202 g/mol. The molecule has 84 valence electrons. The lowest BCUT2D eigenvalue weighted by Crippen LogP contribution is -1.99. The van der Waals surface area contributed by atoms with E-state index in [2.05, 4.69) is 19.1 Å². The third-order valence-corrected chi connectivity index (χ3v) is 2.83. The van der Waals surface area contributed by atoms with Gasteiger partial charge in [0.2, 0.25) is 0 Å². The van der Waals surface area contributed by atoms with Crippen molar-refractivity contribution < 1.29 is 9.90 Å². The zero-order valence-electron chi connectivity index (χ0n) is 9.74. The molecule has 16 heavy (non-hydrogen) atoms. The van der Waals surface area contributed by atoms with E-state index in [1.165, 1.54) is 11.1 Å². The fourth-order valence-corrected chi connectivity index (χ4v) is 2.34. The van der Waals surface area contributed by atoms with Crippen molar-refractivity contribution >= 4 is 16.9 Å². The molecule has 0 spiro atoms. The zero-order chi connectivity index (χ0) is 11.9. The number of aryl methyl sites for hydroxylation is 3. The van der Waals surface area contributed by atoms with Gasteiger partial charge >= 0.3 is 5.97 Å². The number of rotatable bonds is 2. The van der Waals surface area contributed by atoms with Crippen LogP contribution in [0.1, 0.15) is 16.7 Å². The van der Waals surface area contributed by atoms with Gasteiger partial charge in [-0.25, -0.2) is 0 Å². The molecule has 2 rings (SSSR count). The molecule has 0 bridgehead atoms. The van der Waals surface area contributed by atoms with Gasteiger partial charge < -0.3 is 9.67 Å². The van der Waals surface area contributed by atoms with E-state index in [-0.39, 0.29) is 6.42 Å². The summed E-state index contributed by atoms with van der Waals surface area (Å²) in [6, 6.07) is 4.17. The fraction of sp³-hybridized carbons (Fsp3) is 0.308. The topological polar surface area (TPSA) is 42.2 Å². The molecule has 0 aliphatic heterocycles. The highest BCUT2D eigenvalue weighted by Gasteiger charge is 2.11. The molecule has 0 saturated carbocycles. The second-order valence-corrected chi connectivity index (χ2v) is 4.31. The molecule has 1 aromatic carbocycles. The lowest BCUT2D eigenvalue weighted by Gasteiger charge is -2.03. The Hall–Kier alpha value is -1.77. The van der Waals surface area contributed by atoms with Crippen molar-refractivity contribution in [2.75, 3.05) is 0 Å². The predicted molar refractivity (Wildman–Crippen MR) is 63.7 cm³/mol. The number of carboxylic acids is 1. The zero-order valence-corrected chi connectivity index (χ0v) is 9.74. The Morgan fingerprint density at radius 2 is 2.06 bits per heavy atom. The van der Waals surface area contributed by atoms with Gasteiger partial charge in [0.1, 0.15) is 0 Å². The Labute approximate surface area is 94.3 Å². The van der Waals surface area contributed by atoms with Crippen LogP contribution in [0.5, 0.6) is 0 Å². The van der Waals surface area contributed by atoms with E-state index in [0.29, 0.717) is 0 Å². The van der Waals surface area contributed by atoms with Gasteiger partial charge in [-0.05, 0) is 31.0 Å². The van der Waals surface area contributed by atoms with Gasteiger partial charge in [-0.15, -0.1) is 0 Å². The number of aromatic nitrogens is 1. The van der Waals surface area contributed by atoms with Gasteiger partial charge in [-0.3, -0.25) is 4.79 Å². The van der Waals surface area contributed by atoms with E-state index in [0.717, 1.165) is 16.5 Å². The number of carbonyl (C=O) groups is 1. The van der Waals surface area contributed by atoms with Crippen LogP contribution in [-0.2, 0) is 18.3 Å². The van der Waals surface area contributed by atoms with E-state index in [1.807, 2.05) is 24.7 Å². The van der Waals surface area contributed by atoms with Gasteiger partial charge in [0, 0.05) is 18.6 Å². The number of carboxylic acid groups (broad SMARTS) is 1. The van der Waals surface area contributed by atoms with Gasteiger partial charge in [0.25, 0.3) is 0 Å². The highest BCUT2D eigenvalue weighted by atomic mass is 16.4. The Bertz CT molecular complexity index is 567. The molecule has 0 aliphatic carbocycles. The number of nitrogens with zero attached hydrogens (tertiary/aromatic N) is 1. The van der Waals surface area contributed by atoms with Crippen LogP contribution >= 0.6 is 0 Å². The number of hydrogen-bond acceptors (Lipinski definition) is 1. The standard InChI is InChI=1S/C13H15NO2/c1-8-4-9(2)13-11(5-8)10(6-12(15)16)7-14(13)3/h4-5,7H,6H2,1-3H3,(H,15,16). The first-order valence-electron chi connectivity index (χ1n) is 5.26. The van der Waals surface area contributed by atoms with E-state index < -0.39 is 5.97 Å². The first-order chi connectivity index (χ1) is 7.49. The molecule has 3 nitrogen and oxygen atoms in total. The molecule has 0 radical (unpaired) electrons. The Balaban J connectivity index is 2.72. The second kappa shape index (κ2) is 3.67. The smallest absolute Gasteiger partial charge is 0.307 e. The summed E-state index contributed by atoms with van der Waals surface area (Å²) in [5.41, 5.74) is 4.37. The summed E-state index contributed by atoms with van der Waals surface area (Å²) in [5.74, 6) is -0.786. The average molecular weight is 217 g/mol. The van der Waals surface area contributed by atoms with Crippen LogP contribution < -0.4 is 0 Å². The lowest BCUT2D eigenvalue weighted by molar-refractivity contribution is -0.136.